The number of aromatic nitrogens is 2. The number of hydrogen-bond donors (Lipinski definition) is 1. The van der Waals surface area contributed by atoms with Crippen LogP contribution in [0.15, 0.2) is 0 Å². The van der Waals surface area contributed by atoms with Gasteiger partial charge in [-0.3, -0.25) is 0 Å². The fourth-order valence-electron chi connectivity index (χ4n) is 2.02. The zero-order chi connectivity index (χ0) is 12.3. The van der Waals surface area contributed by atoms with Crippen LogP contribution in [0.4, 0.5) is 0 Å². The zero-order valence-corrected chi connectivity index (χ0v) is 11.6. The summed E-state index contributed by atoms with van der Waals surface area (Å²) in [4.78, 5) is 0. The molecule has 4 nitrogen and oxygen atoms in total. The lowest BCUT2D eigenvalue weighted by atomic mass is 9.78. The lowest BCUT2D eigenvalue weighted by Gasteiger charge is -2.39. The Balaban J connectivity index is 1.89. The largest absolute Gasteiger partial charge is 0.378 e. The van der Waals surface area contributed by atoms with Crippen molar-refractivity contribution in [3.8, 4) is 0 Å². The number of methoxy groups -OCH3 is 1. The van der Waals surface area contributed by atoms with Crippen molar-refractivity contribution < 1.29 is 4.74 Å². The van der Waals surface area contributed by atoms with Crippen LogP contribution in [0.2, 0.25) is 0 Å². The van der Waals surface area contributed by atoms with E-state index in [1.807, 2.05) is 0 Å². The number of rotatable bonds is 6. The molecule has 0 bridgehead atoms. The number of ether oxygens (including phenoxy) is 1. The van der Waals surface area contributed by atoms with Crippen LogP contribution in [0.25, 0.3) is 0 Å². The quantitative estimate of drug-likeness (QED) is 0.846. The van der Waals surface area contributed by atoms with Gasteiger partial charge in [0, 0.05) is 26.1 Å². The fourth-order valence-corrected chi connectivity index (χ4v) is 2.95. The Morgan fingerprint density at radius 2 is 2.06 bits per heavy atom. The smallest absolute Gasteiger partial charge is 0.131 e. The zero-order valence-electron chi connectivity index (χ0n) is 10.8. The molecule has 0 saturated heterocycles. The monoisotopic (exact) mass is 255 g/mol. The molecule has 0 spiro atoms. The summed E-state index contributed by atoms with van der Waals surface area (Å²) in [6, 6.07) is 0.485. The summed E-state index contributed by atoms with van der Waals surface area (Å²) < 4.78 is 5.61. The summed E-state index contributed by atoms with van der Waals surface area (Å²) in [5.74, 6) is 0. The molecule has 0 radical (unpaired) electrons. The molecule has 1 saturated carbocycles. The Hall–Kier alpha value is -0.520. The van der Waals surface area contributed by atoms with Crippen molar-refractivity contribution in [2.24, 2.45) is 0 Å². The highest BCUT2D eigenvalue weighted by atomic mass is 32.1. The van der Waals surface area contributed by atoms with Gasteiger partial charge in [0.1, 0.15) is 10.0 Å². The van der Waals surface area contributed by atoms with Crippen LogP contribution >= 0.6 is 11.3 Å². The van der Waals surface area contributed by atoms with Gasteiger partial charge in [-0.15, -0.1) is 21.5 Å². The van der Waals surface area contributed by atoms with Gasteiger partial charge < -0.3 is 10.1 Å². The van der Waals surface area contributed by atoms with E-state index in [2.05, 4.69) is 29.4 Å². The topological polar surface area (TPSA) is 47.0 Å². The Bertz CT molecular complexity index is 355. The molecule has 1 N–H and O–H groups in total. The Labute approximate surface area is 107 Å². The number of nitrogens with one attached hydrogen (secondary N) is 1. The molecule has 1 aromatic heterocycles. The highest BCUT2D eigenvalue weighted by Gasteiger charge is 2.38. The number of hydrogen-bond acceptors (Lipinski definition) is 5. The fraction of sp³-hybridized carbons (Fsp3) is 0.833. The minimum atomic E-state index is 0.0578. The third kappa shape index (κ3) is 3.24. The lowest BCUT2D eigenvalue weighted by Crippen LogP contribution is -2.41. The highest BCUT2D eigenvalue weighted by Crippen LogP contribution is 2.38. The third-order valence-electron chi connectivity index (χ3n) is 3.34. The van der Waals surface area contributed by atoms with Gasteiger partial charge in [0.25, 0.3) is 0 Å². The SMILES string of the molecule is COC1(Cc2nnc(CNC(C)C)s2)CCC1. The Morgan fingerprint density at radius 3 is 2.59 bits per heavy atom. The van der Waals surface area contributed by atoms with Crippen LogP contribution in [0.1, 0.15) is 43.1 Å². The normalized spacial score (nSPS) is 18.4. The van der Waals surface area contributed by atoms with Crippen molar-refractivity contribution >= 4 is 11.3 Å². The molecule has 1 heterocycles. The molecule has 1 aliphatic rings. The summed E-state index contributed by atoms with van der Waals surface area (Å²) in [5, 5.41) is 14.0. The molecule has 96 valence electrons. The van der Waals surface area contributed by atoms with E-state index in [1.54, 1.807) is 18.4 Å². The van der Waals surface area contributed by atoms with Crippen molar-refractivity contribution in [1.29, 1.82) is 0 Å². The first-order valence-electron chi connectivity index (χ1n) is 6.23. The van der Waals surface area contributed by atoms with Crippen LogP contribution in [-0.4, -0.2) is 29.0 Å². The molecule has 0 unspecified atom stereocenters. The molecule has 2 rings (SSSR count). The van der Waals surface area contributed by atoms with Crippen molar-refractivity contribution in [2.75, 3.05) is 7.11 Å². The van der Waals surface area contributed by atoms with E-state index in [9.17, 15) is 0 Å². The van der Waals surface area contributed by atoms with Gasteiger partial charge in [0.2, 0.25) is 0 Å². The maximum Gasteiger partial charge on any atom is 0.131 e. The van der Waals surface area contributed by atoms with Crippen LogP contribution in [-0.2, 0) is 17.7 Å². The highest BCUT2D eigenvalue weighted by molar-refractivity contribution is 7.11. The predicted octanol–water partition coefficient (Wildman–Crippen LogP) is 2.15. The Morgan fingerprint density at radius 1 is 1.35 bits per heavy atom. The van der Waals surface area contributed by atoms with Gasteiger partial charge in [0.05, 0.1) is 5.60 Å². The van der Waals surface area contributed by atoms with E-state index in [4.69, 9.17) is 4.74 Å². The van der Waals surface area contributed by atoms with E-state index in [-0.39, 0.29) is 5.60 Å². The molecule has 17 heavy (non-hydrogen) atoms. The van der Waals surface area contributed by atoms with Gasteiger partial charge >= 0.3 is 0 Å². The molecule has 1 aliphatic carbocycles. The lowest BCUT2D eigenvalue weighted by molar-refractivity contribution is -0.0709. The summed E-state index contributed by atoms with van der Waals surface area (Å²) in [7, 11) is 1.81. The van der Waals surface area contributed by atoms with E-state index in [0.717, 1.165) is 35.8 Å². The third-order valence-corrected chi connectivity index (χ3v) is 4.26. The Kier molecular flexibility index (Phi) is 4.12. The molecule has 1 aromatic rings. The second-order valence-electron chi connectivity index (χ2n) is 5.04. The standard InChI is InChI=1S/C12H21N3OS/c1-9(2)13-8-11-15-14-10(17-11)7-12(16-3)5-4-6-12/h9,13H,4-8H2,1-3H3. The second-order valence-corrected chi connectivity index (χ2v) is 6.19. The van der Waals surface area contributed by atoms with Crippen LogP contribution in [0.3, 0.4) is 0 Å². The molecule has 1 fully saturated rings. The van der Waals surface area contributed by atoms with Crippen LogP contribution in [0.5, 0.6) is 0 Å². The minimum Gasteiger partial charge on any atom is -0.378 e. The van der Waals surface area contributed by atoms with Crippen molar-refractivity contribution in [2.45, 2.75) is 57.7 Å². The molecule has 5 heteroatoms. The maximum absolute atomic E-state index is 5.61. The maximum atomic E-state index is 5.61. The van der Waals surface area contributed by atoms with Crippen molar-refractivity contribution in [3.05, 3.63) is 10.0 Å². The van der Waals surface area contributed by atoms with Crippen LogP contribution < -0.4 is 5.32 Å². The van der Waals surface area contributed by atoms with Gasteiger partial charge in [-0.25, -0.2) is 0 Å². The summed E-state index contributed by atoms with van der Waals surface area (Å²) >= 11 is 1.70. The van der Waals surface area contributed by atoms with Crippen molar-refractivity contribution in [3.63, 3.8) is 0 Å². The van der Waals surface area contributed by atoms with Crippen LogP contribution in [0, 0.1) is 0 Å². The molecular weight excluding hydrogens is 234 g/mol. The first-order chi connectivity index (χ1) is 8.13. The van der Waals surface area contributed by atoms with Gasteiger partial charge in [-0.2, -0.15) is 0 Å². The molecular formula is C12H21N3OS. The van der Waals surface area contributed by atoms with E-state index in [0.29, 0.717) is 6.04 Å². The van der Waals surface area contributed by atoms with Gasteiger partial charge in [-0.05, 0) is 19.3 Å². The van der Waals surface area contributed by atoms with E-state index >= 15 is 0 Å². The summed E-state index contributed by atoms with van der Waals surface area (Å²) in [6.45, 7) is 5.09. The molecule has 0 aliphatic heterocycles. The van der Waals surface area contributed by atoms with Gasteiger partial charge in [-0.1, -0.05) is 13.8 Å². The van der Waals surface area contributed by atoms with Gasteiger partial charge in [0.15, 0.2) is 0 Å². The first kappa shape index (κ1) is 12.9. The predicted molar refractivity (Wildman–Crippen MR) is 69.2 cm³/mol. The first-order valence-corrected chi connectivity index (χ1v) is 7.05. The van der Waals surface area contributed by atoms with Crippen molar-refractivity contribution in [1.82, 2.24) is 15.5 Å². The van der Waals surface area contributed by atoms with E-state index < -0.39 is 0 Å². The average Bonchev–Trinajstić information content (AvgIpc) is 2.68. The minimum absolute atomic E-state index is 0.0578. The van der Waals surface area contributed by atoms with E-state index in [1.165, 1.54) is 6.42 Å². The summed E-state index contributed by atoms with van der Waals surface area (Å²) in [6.07, 6.45) is 4.50. The second kappa shape index (κ2) is 5.42. The number of nitrogens with zero attached hydrogens (tertiary/aromatic N) is 2. The molecule has 0 amide bonds. The average molecular weight is 255 g/mol. The molecule has 0 aromatic carbocycles. The summed E-state index contributed by atoms with van der Waals surface area (Å²) in [5.41, 5.74) is 0.0578. The molecule has 0 atom stereocenters.